The number of nitrogens with one attached hydrogen (secondary N) is 2. The van der Waals surface area contributed by atoms with Gasteiger partial charge >= 0.3 is 0 Å². The number of nitrogens with zero attached hydrogens (tertiary/aromatic N) is 4. The van der Waals surface area contributed by atoms with Crippen LogP contribution in [0.1, 0.15) is 42.5 Å². The third-order valence-electron chi connectivity index (χ3n) is 3.65. The molecule has 0 fully saturated rings. The Kier molecular flexibility index (Phi) is 4.69. The third-order valence-corrected chi connectivity index (χ3v) is 3.65. The summed E-state index contributed by atoms with van der Waals surface area (Å²) < 4.78 is 1.93. The molecule has 0 aliphatic carbocycles. The fraction of sp³-hybridized carbons (Fsp3) is 0.294. The summed E-state index contributed by atoms with van der Waals surface area (Å²) >= 11 is 0. The lowest BCUT2D eigenvalue weighted by Gasteiger charge is -2.13. The predicted octanol–water partition coefficient (Wildman–Crippen LogP) is 2.44. The van der Waals surface area contributed by atoms with Crippen LogP contribution in [0.4, 0.5) is 5.82 Å². The summed E-state index contributed by atoms with van der Waals surface area (Å²) in [7, 11) is 0. The Balaban J connectivity index is 1.70. The Bertz CT molecular complexity index is 826. The number of aromatic nitrogens is 4. The standard InChI is InChI=1S/C17H20N6O/c1-3-9-18-17(24)13-7-8-14(19-11-13)20-12(2)16-22-21-15-6-4-5-10-23(15)16/h4-8,10-12H,3,9H2,1-2H3,(H,18,24)(H,19,20). The van der Waals surface area contributed by atoms with Crippen molar-refractivity contribution in [3.05, 3.63) is 54.1 Å². The molecule has 7 heteroatoms. The molecule has 0 saturated heterocycles. The highest BCUT2D eigenvalue weighted by Crippen LogP contribution is 2.17. The number of carbonyl (C=O) groups excluding carboxylic acids is 1. The number of hydrogen-bond acceptors (Lipinski definition) is 5. The summed E-state index contributed by atoms with van der Waals surface area (Å²) in [5.41, 5.74) is 1.35. The summed E-state index contributed by atoms with van der Waals surface area (Å²) in [5.74, 6) is 1.38. The van der Waals surface area contributed by atoms with Gasteiger partial charge in [-0.3, -0.25) is 9.20 Å². The zero-order valence-corrected chi connectivity index (χ0v) is 13.7. The minimum atomic E-state index is -0.104. The molecule has 3 aromatic heterocycles. The number of carbonyl (C=O) groups is 1. The smallest absolute Gasteiger partial charge is 0.252 e. The lowest BCUT2D eigenvalue weighted by atomic mass is 10.2. The van der Waals surface area contributed by atoms with Gasteiger partial charge in [0.15, 0.2) is 11.5 Å². The van der Waals surface area contributed by atoms with E-state index in [2.05, 4.69) is 25.8 Å². The van der Waals surface area contributed by atoms with E-state index in [-0.39, 0.29) is 11.9 Å². The van der Waals surface area contributed by atoms with E-state index in [1.54, 1.807) is 18.3 Å². The first kappa shape index (κ1) is 15.9. The van der Waals surface area contributed by atoms with Gasteiger partial charge in [-0.25, -0.2) is 4.98 Å². The van der Waals surface area contributed by atoms with Gasteiger partial charge in [0.1, 0.15) is 5.82 Å². The SMILES string of the molecule is CCCNC(=O)c1ccc(NC(C)c2nnc3ccccn23)nc1. The van der Waals surface area contributed by atoms with Crippen LogP contribution >= 0.6 is 0 Å². The van der Waals surface area contributed by atoms with E-state index in [0.717, 1.165) is 17.9 Å². The van der Waals surface area contributed by atoms with Crippen LogP contribution in [0.25, 0.3) is 5.65 Å². The molecule has 0 aromatic carbocycles. The number of fused-ring (bicyclic) bond motifs is 1. The van der Waals surface area contributed by atoms with E-state index in [0.29, 0.717) is 17.9 Å². The molecule has 124 valence electrons. The minimum Gasteiger partial charge on any atom is -0.360 e. The molecule has 0 radical (unpaired) electrons. The maximum absolute atomic E-state index is 11.9. The Morgan fingerprint density at radius 1 is 1.25 bits per heavy atom. The summed E-state index contributed by atoms with van der Waals surface area (Å²) in [5, 5.41) is 14.5. The molecular formula is C17H20N6O. The van der Waals surface area contributed by atoms with Gasteiger partial charge in [-0.2, -0.15) is 0 Å². The van der Waals surface area contributed by atoms with Gasteiger partial charge in [0.25, 0.3) is 5.91 Å². The molecule has 3 aromatic rings. The van der Waals surface area contributed by atoms with E-state index < -0.39 is 0 Å². The summed E-state index contributed by atoms with van der Waals surface area (Å²) in [6.45, 7) is 4.67. The van der Waals surface area contributed by atoms with Crippen LogP contribution in [0.3, 0.4) is 0 Å². The van der Waals surface area contributed by atoms with Gasteiger partial charge in [0.2, 0.25) is 0 Å². The van der Waals surface area contributed by atoms with Crippen LogP contribution in [-0.2, 0) is 0 Å². The molecule has 1 atom stereocenters. The van der Waals surface area contributed by atoms with Crippen LogP contribution in [0.5, 0.6) is 0 Å². The highest BCUT2D eigenvalue weighted by Gasteiger charge is 2.14. The normalized spacial score (nSPS) is 12.1. The van der Waals surface area contributed by atoms with Crippen molar-refractivity contribution in [3.63, 3.8) is 0 Å². The Hall–Kier alpha value is -2.96. The molecule has 3 rings (SSSR count). The fourth-order valence-corrected chi connectivity index (χ4v) is 2.40. The van der Waals surface area contributed by atoms with Crippen molar-refractivity contribution in [1.82, 2.24) is 24.9 Å². The number of anilines is 1. The lowest BCUT2D eigenvalue weighted by Crippen LogP contribution is -2.24. The number of rotatable bonds is 6. The van der Waals surface area contributed by atoms with Gasteiger partial charge in [-0.1, -0.05) is 13.0 Å². The van der Waals surface area contributed by atoms with Crippen molar-refractivity contribution < 1.29 is 4.79 Å². The monoisotopic (exact) mass is 324 g/mol. The first-order valence-corrected chi connectivity index (χ1v) is 7.99. The second kappa shape index (κ2) is 7.08. The molecule has 0 aliphatic rings. The molecular weight excluding hydrogens is 304 g/mol. The van der Waals surface area contributed by atoms with E-state index in [1.807, 2.05) is 42.6 Å². The molecule has 0 spiro atoms. The maximum Gasteiger partial charge on any atom is 0.252 e. The quantitative estimate of drug-likeness (QED) is 0.727. The van der Waals surface area contributed by atoms with Gasteiger partial charge in [-0.15, -0.1) is 10.2 Å². The van der Waals surface area contributed by atoms with E-state index >= 15 is 0 Å². The van der Waals surface area contributed by atoms with Crippen LogP contribution < -0.4 is 10.6 Å². The zero-order chi connectivity index (χ0) is 16.9. The van der Waals surface area contributed by atoms with Crippen LogP contribution in [0.15, 0.2) is 42.7 Å². The lowest BCUT2D eigenvalue weighted by molar-refractivity contribution is 0.0953. The molecule has 2 N–H and O–H groups in total. The van der Waals surface area contributed by atoms with Crippen molar-refractivity contribution in [3.8, 4) is 0 Å². The van der Waals surface area contributed by atoms with Crippen LogP contribution in [0, 0.1) is 0 Å². The third kappa shape index (κ3) is 3.34. The van der Waals surface area contributed by atoms with Crippen LogP contribution in [-0.4, -0.2) is 32.0 Å². The molecule has 3 heterocycles. The van der Waals surface area contributed by atoms with Gasteiger partial charge < -0.3 is 10.6 Å². The molecule has 0 aliphatic heterocycles. The summed E-state index contributed by atoms with van der Waals surface area (Å²) in [6.07, 6.45) is 4.40. The average Bonchev–Trinajstić information content (AvgIpc) is 3.04. The van der Waals surface area contributed by atoms with Crippen molar-refractivity contribution in [2.45, 2.75) is 26.3 Å². The molecule has 0 bridgehead atoms. The van der Waals surface area contributed by atoms with Crippen molar-refractivity contribution in [2.75, 3.05) is 11.9 Å². The van der Waals surface area contributed by atoms with Crippen molar-refractivity contribution in [1.29, 1.82) is 0 Å². The Morgan fingerprint density at radius 2 is 2.12 bits per heavy atom. The van der Waals surface area contributed by atoms with Crippen molar-refractivity contribution >= 4 is 17.4 Å². The van der Waals surface area contributed by atoms with Gasteiger partial charge in [0, 0.05) is 18.9 Å². The largest absolute Gasteiger partial charge is 0.360 e. The first-order chi connectivity index (χ1) is 11.7. The molecule has 1 amide bonds. The second-order valence-corrected chi connectivity index (χ2v) is 5.54. The number of amides is 1. The second-order valence-electron chi connectivity index (χ2n) is 5.54. The summed E-state index contributed by atoms with van der Waals surface area (Å²) in [4.78, 5) is 16.2. The minimum absolute atomic E-state index is 0.0744. The fourth-order valence-electron chi connectivity index (χ4n) is 2.40. The molecule has 24 heavy (non-hydrogen) atoms. The van der Waals surface area contributed by atoms with E-state index in [9.17, 15) is 4.79 Å². The zero-order valence-electron chi connectivity index (χ0n) is 13.7. The predicted molar refractivity (Wildman–Crippen MR) is 91.9 cm³/mol. The topological polar surface area (TPSA) is 84.2 Å². The highest BCUT2D eigenvalue weighted by molar-refractivity contribution is 5.94. The Labute approximate surface area is 140 Å². The number of pyridine rings is 2. The molecule has 1 unspecified atom stereocenters. The summed E-state index contributed by atoms with van der Waals surface area (Å²) in [6, 6.07) is 9.25. The van der Waals surface area contributed by atoms with Crippen LogP contribution in [0.2, 0.25) is 0 Å². The molecule has 7 nitrogen and oxygen atoms in total. The van der Waals surface area contributed by atoms with E-state index in [4.69, 9.17) is 0 Å². The first-order valence-electron chi connectivity index (χ1n) is 7.99. The van der Waals surface area contributed by atoms with Crippen molar-refractivity contribution in [2.24, 2.45) is 0 Å². The number of hydrogen-bond donors (Lipinski definition) is 2. The molecule has 0 saturated carbocycles. The highest BCUT2D eigenvalue weighted by atomic mass is 16.1. The maximum atomic E-state index is 11.9. The average molecular weight is 324 g/mol. The van der Waals surface area contributed by atoms with E-state index in [1.165, 1.54) is 0 Å². The van der Waals surface area contributed by atoms with Gasteiger partial charge in [-0.05, 0) is 37.6 Å². The van der Waals surface area contributed by atoms with Gasteiger partial charge in [0.05, 0.1) is 11.6 Å². The Morgan fingerprint density at radius 3 is 2.88 bits per heavy atom.